The molecule has 1 aliphatic heterocycles. The zero-order chi connectivity index (χ0) is 11.5. The fraction of sp³-hybridized carbons (Fsp3) is 1.00. The summed E-state index contributed by atoms with van der Waals surface area (Å²) >= 11 is 0. The summed E-state index contributed by atoms with van der Waals surface area (Å²) in [6.07, 6.45) is -1.48. The Bertz CT molecular complexity index is 209. The van der Waals surface area contributed by atoms with Gasteiger partial charge < -0.3 is 5.32 Å². The average Bonchev–Trinajstić information content (AvgIpc) is 2.25. The van der Waals surface area contributed by atoms with E-state index in [4.69, 9.17) is 0 Å². The summed E-state index contributed by atoms with van der Waals surface area (Å²) in [4.78, 5) is 0. The van der Waals surface area contributed by atoms with Crippen molar-refractivity contribution in [3.05, 3.63) is 0 Å². The lowest BCUT2D eigenvalue weighted by molar-refractivity contribution is 0.0431. The Labute approximate surface area is 94.0 Å². The van der Waals surface area contributed by atoms with Gasteiger partial charge in [-0.2, -0.15) is 0 Å². The maximum atomic E-state index is 13.5. The van der Waals surface area contributed by atoms with Crippen LogP contribution in [-0.4, -0.2) is 37.3 Å². The fourth-order valence-electron chi connectivity index (χ4n) is 2.54. The third-order valence-electron chi connectivity index (χ3n) is 3.45. The molecule has 1 saturated carbocycles. The largest absolute Gasteiger partial charge is 0.302 e. The molecule has 5 heteroatoms. The van der Waals surface area contributed by atoms with Crippen molar-refractivity contribution in [2.75, 3.05) is 6.54 Å². The van der Waals surface area contributed by atoms with Gasteiger partial charge in [0.2, 0.25) is 0 Å². The van der Waals surface area contributed by atoms with Crippen LogP contribution in [0.1, 0.15) is 32.1 Å². The van der Waals surface area contributed by atoms with E-state index < -0.39 is 24.6 Å². The lowest BCUT2D eigenvalue weighted by Crippen LogP contribution is -2.58. The van der Waals surface area contributed by atoms with Crippen molar-refractivity contribution in [2.45, 2.75) is 62.8 Å². The molecular formula is C11H19F3N2. The highest BCUT2D eigenvalue weighted by atomic mass is 19.2. The van der Waals surface area contributed by atoms with E-state index >= 15 is 0 Å². The topological polar surface area (TPSA) is 24.1 Å². The second-order valence-corrected chi connectivity index (χ2v) is 4.80. The Morgan fingerprint density at radius 3 is 2.25 bits per heavy atom. The first-order chi connectivity index (χ1) is 7.66. The van der Waals surface area contributed by atoms with E-state index in [9.17, 15) is 13.2 Å². The van der Waals surface area contributed by atoms with Crippen LogP contribution in [0.5, 0.6) is 0 Å². The Morgan fingerprint density at radius 2 is 1.69 bits per heavy atom. The molecule has 16 heavy (non-hydrogen) atoms. The quantitative estimate of drug-likeness (QED) is 0.764. The van der Waals surface area contributed by atoms with Crippen LogP contribution in [0.4, 0.5) is 13.2 Å². The summed E-state index contributed by atoms with van der Waals surface area (Å²) in [5.74, 6) is 0. The first-order valence-corrected chi connectivity index (χ1v) is 6.08. The number of halogens is 3. The van der Waals surface area contributed by atoms with E-state index in [0.29, 0.717) is 0 Å². The molecular weight excluding hydrogens is 217 g/mol. The van der Waals surface area contributed by atoms with Crippen LogP contribution in [0.2, 0.25) is 0 Å². The number of alkyl halides is 3. The van der Waals surface area contributed by atoms with E-state index in [1.54, 1.807) is 0 Å². The molecule has 94 valence electrons. The molecule has 0 aromatic carbocycles. The van der Waals surface area contributed by atoms with Gasteiger partial charge in [-0.15, -0.1) is 0 Å². The standard InChI is InChI=1S/C11H19F3N2/c12-7-5-8(13)11(9(14)6-7)16-10-3-1-2-4-15-10/h7-11,15-16H,1-6H2. The van der Waals surface area contributed by atoms with Gasteiger partial charge in [0.25, 0.3) is 0 Å². The van der Waals surface area contributed by atoms with Crippen LogP contribution >= 0.6 is 0 Å². The SMILES string of the molecule is FC1CC(F)C(NC2CCCCN2)C(F)C1. The molecule has 1 aliphatic carbocycles. The van der Waals surface area contributed by atoms with E-state index in [2.05, 4.69) is 10.6 Å². The van der Waals surface area contributed by atoms with Crippen molar-refractivity contribution in [3.63, 3.8) is 0 Å². The van der Waals surface area contributed by atoms with Gasteiger partial charge in [0.05, 0.1) is 12.2 Å². The molecule has 3 unspecified atom stereocenters. The average molecular weight is 236 g/mol. The predicted molar refractivity (Wildman–Crippen MR) is 56.5 cm³/mol. The highest BCUT2D eigenvalue weighted by Gasteiger charge is 2.39. The molecule has 2 aliphatic rings. The molecule has 2 rings (SSSR count). The summed E-state index contributed by atoms with van der Waals surface area (Å²) < 4.78 is 40.0. The zero-order valence-electron chi connectivity index (χ0n) is 9.26. The Kier molecular flexibility index (Phi) is 4.08. The smallest absolute Gasteiger partial charge is 0.121 e. The summed E-state index contributed by atoms with van der Waals surface area (Å²) in [5, 5.41) is 6.13. The van der Waals surface area contributed by atoms with Gasteiger partial charge in [0.1, 0.15) is 18.5 Å². The number of nitrogens with one attached hydrogen (secondary N) is 2. The summed E-state index contributed by atoms with van der Waals surface area (Å²) in [7, 11) is 0. The highest BCUT2D eigenvalue weighted by molar-refractivity contribution is 4.93. The second-order valence-electron chi connectivity index (χ2n) is 4.80. The van der Waals surface area contributed by atoms with Crippen molar-refractivity contribution < 1.29 is 13.2 Å². The van der Waals surface area contributed by atoms with Crippen molar-refractivity contribution in [3.8, 4) is 0 Å². The normalized spacial score (nSPS) is 45.6. The molecule has 0 aromatic rings. The van der Waals surface area contributed by atoms with Crippen molar-refractivity contribution in [1.82, 2.24) is 10.6 Å². The number of hydrogen-bond donors (Lipinski definition) is 2. The van der Waals surface area contributed by atoms with E-state index in [1.165, 1.54) is 0 Å². The maximum Gasteiger partial charge on any atom is 0.121 e. The van der Waals surface area contributed by atoms with Gasteiger partial charge in [-0.1, -0.05) is 0 Å². The molecule has 1 saturated heterocycles. The highest BCUT2D eigenvalue weighted by Crippen LogP contribution is 2.27. The van der Waals surface area contributed by atoms with E-state index in [0.717, 1.165) is 25.8 Å². The van der Waals surface area contributed by atoms with Gasteiger partial charge in [0, 0.05) is 12.8 Å². The van der Waals surface area contributed by atoms with Crippen LogP contribution in [-0.2, 0) is 0 Å². The molecule has 1 heterocycles. The van der Waals surface area contributed by atoms with E-state index in [-0.39, 0.29) is 19.0 Å². The first-order valence-electron chi connectivity index (χ1n) is 6.08. The number of piperidine rings is 1. The summed E-state index contributed by atoms with van der Waals surface area (Å²) in [6.45, 7) is 0.879. The Hall–Kier alpha value is -0.290. The molecule has 0 amide bonds. The molecule has 3 atom stereocenters. The van der Waals surface area contributed by atoms with Crippen LogP contribution in [0, 0.1) is 0 Å². The third kappa shape index (κ3) is 2.88. The lowest BCUT2D eigenvalue weighted by atomic mass is 9.90. The lowest BCUT2D eigenvalue weighted by Gasteiger charge is -2.36. The van der Waals surface area contributed by atoms with Crippen LogP contribution in [0.25, 0.3) is 0 Å². The minimum Gasteiger partial charge on any atom is -0.302 e. The number of hydrogen-bond acceptors (Lipinski definition) is 2. The van der Waals surface area contributed by atoms with Gasteiger partial charge in [-0.3, -0.25) is 5.32 Å². The third-order valence-corrected chi connectivity index (χ3v) is 3.45. The molecule has 2 nitrogen and oxygen atoms in total. The Balaban J connectivity index is 1.86. The first kappa shape index (κ1) is 12.2. The Morgan fingerprint density at radius 1 is 1.00 bits per heavy atom. The molecule has 0 spiro atoms. The van der Waals surface area contributed by atoms with Gasteiger partial charge in [-0.05, 0) is 25.8 Å². The maximum absolute atomic E-state index is 13.5. The van der Waals surface area contributed by atoms with Crippen molar-refractivity contribution in [1.29, 1.82) is 0 Å². The van der Waals surface area contributed by atoms with Crippen LogP contribution in [0.15, 0.2) is 0 Å². The molecule has 0 radical (unpaired) electrons. The fourth-order valence-corrected chi connectivity index (χ4v) is 2.54. The van der Waals surface area contributed by atoms with Gasteiger partial charge >= 0.3 is 0 Å². The molecule has 0 bridgehead atoms. The molecule has 2 N–H and O–H groups in total. The second kappa shape index (κ2) is 5.36. The molecule has 0 aromatic heterocycles. The van der Waals surface area contributed by atoms with Crippen molar-refractivity contribution in [2.24, 2.45) is 0 Å². The minimum atomic E-state index is -1.41. The molecule has 2 fully saturated rings. The number of rotatable bonds is 2. The van der Waals surface area contributed by atoms with Crippen LogP contribution < -0.4 is 10.6 Å². The summed E-state index contributed by atoms with van der Waals surface area (Å²) in [6, 6.07) is -0.845. The monoisotopic (exact) mass is 236 g/mol. The predicted octanol–water partition coefficient (Wildman–Crippen LogP) is 1.85. The summed E-state index contributed by atoms with van der Waals surface area (Å²) in [5.41, 5.74) is 0. The van der Waals surface area contributed by atoms with Crippen molar-refractivity contribution >= 4 is 0 Å². The van der Waals surface area contributed by atoms with E-state index in [1.807, 2.05) is 0 Å². The van der Waals surface area contributed by atoms with Gasteiger partial charge in [0.15, 0.2) is 0 Å². The zero-order valence-corrected chi connectivity index (χ0v) is 9.26. The van der Waals surface area contributed by atoms with Gasteiger partial charge in [-0.25, -0.2) is 13.2 Å². The minimum absolute atomic E-state index is 0.0218. The van der Waals surface area contributed by atoms with Crippen LogP contribution in [0.3, 0.4) is 0 Å².